The summed E-state index contributed by atoms with van der Waals surface area (Å²) in [6.45, 7) is 10.8. The second kappa shape index (κ2) is 5.83. The van der Waals surface area contributed by atoms with E-state index in [0.29, 0.717) is 17.8 Å². The van der Waals surface area contributed by atoms with Crippen LogP contribution >= 0.6 is 0 Å². The molecule has 23 heavy (non-hydrogen) atoms. The zero-order chi connectivity index (χ0) is 16.7. The first-order chi connectivity index (χ1) is 10.9. The fourth-order valence-corrected chi connectivity index (χ4v) is 3.67. The van der Waals surface area contributed by atoms with Gasteiger partial charge >= 0.3 is 0 Å². The van der Waals surface area contributed by atoms with E-state index in [2.05, 4.69) is 28.6 Å². The van der Waals surface area contributed by atoms with Crippen molar-refractivity contribution in [1.82, 2.24) is 19.6 Å². The molecule has 0 N–H and O–H groups in total. The minimum atomic E-state index is -0.0814. The number of carbonyl (C=O) groups excluding carboxylic acids is 1. The van der Waals surface area contributed by atoms with Gasteiger partial charge in [-0.3, -0.25) is 4.79 Å². The summed E-state index contributed by atoms with van der Waals surface area (Å²) in [6, 6.07) is 2.25. The van der Waals surface area contributed by atoms with Crippen molar-refractivity contribution in [2.24, 2.45) is 0 Å². The number of hydrogen-bond donors (Lipinski definition) is 0. The Labute approximate surface area is 136 Å². The molecule has 124 valence electrons. The molecular formula is C17H24N4O2. The Morgan fingerprint density at radius 3 is 2.65 bits per heavy atom. The Morgan fingerprint density at radius 2 is 2.09 bits per heavy atom. The van der Waals surface area contributed by atoms with Gasteiger partial charge in [-0.1, -0.05) is 5.16 Å². The van der Waals surface area contributed by atoms with E-state index in [1.54, 1.807) is 6.92 Å². The Morgan fingerprint density at radius 1 is 1.35 bits per heavy atom. The van der Waals surface area contributed by atoms with Crippen molar-refractivity contribution >= 4 is 5.91 Å². The van der Waals surface area contributed by atoms with Gasteiger partial charge in [0, 0.05) is 30.9 Å². The number of carbonyl (C=O) groups is 1. The molecule has 2 aromatic heterocycles. The summed E-state index contributed by atoms with van der Waals surface area (Å²) in [5.74, 6) is 1.22. The molecule has 2 aromatic rings. The molecule has 0 bridgehead atoms. The smallest absolute Gasteiger partial charge is 0.256 e. The maximum absolute atomic E-state index is 13.1. The maximum atomic E-state index is 13.1. The van der Waals surface area contributed by atoms with Crippen molar-refractivity contribution in [2.45, 2.75) is 59.5 Å². The quantitative estimate of drug-likeness (QED) is 0.871. The molecule has 1 fully saturated rings. The molecule has 0 aromatic carbocycles. The van der Waals surface area contributed by atoms with Crippen LogP contribution in [0.5, 0.6) is 0 Å². The number of hydrogen-bond acceptors (Lipinski definition) is 4. The van der Waals surface area contributed by atoms with Crippen molar-refractivity contribution in [2.75, 3.05) is 6.54 Å². The zero-order valence-electron chi connectivity index (χ0n) is 14.5. The third-order valence-electron chi connectivity index (χ3n) is 4.59. The van der Waals surface area contributed by atoms with Crippen molar-refractivity contribution in [3.05, 3.63) is 34.7 Å². The number of aryl methyl sites for hydroxylation is 2. The highest BCUT2D eigenvalue weighted by atomic mass is 16.5. The molecule has 1 aliphatic rings. The summed E-state index contributed by atoms with van der Waals surface area (Å²) < 4.78 is 7.29. The highest BCUT2D eigenvalue weighted by Crippen LogP contribution is 2.33. The average molecular weight is 316 g/mol. The number of nitrogens with zero attached hydrogens (tertiary/aromatic N) is 4. The Bertz CT molecular complexity index is 729. The summed E-state index contributed by atoms with van der Waals surface area (Å²) >= 11 is 0. The van der Waals surface area contributed by atoms with Gasteiger partial charge in [-0.05, 0) is 46.6 Å². The normalized spacial score (nSPS) is 18.2. The van der Waals surface area contributed by atoms with Crippen molar-refractivity contribution < 1.29 is 9.32 Å². The average Bonchev–Trinajstić information content (AvgIpc) is 3.16. The van der Waals surface area contributed by atoms with E-state index in [0.717, 1.165) is 36.3 Å². The summed E-state index contributed by atoms with van der Waals surface area (Å²) in [7, 11) is 0. The van der Waals surface area contributed by atoms with E-state index < -0.39 is 0 Å². The molecule has 0 spiro atoms. The van der Waals surface area contributed by atoms with Gasteiger partial charge in [0.1, 0.15) is 0 Å². The van der Waals surface area contributed by atoms with E-state index in [9.17, 15) is 4.79 Å². The molecule has 1 aliphatic heterocycles. The summed E-state index contributed by atoms with van der Waals surface area (Å²) in [5.41, 5.74) is 2.92. The van der Waals surface area contributed by atoms with Crippen molar-refractivity contribution in [3.8, 4) is 0 Å². The minimum absolute atomic E-state index is 0.0648. The fraction of sp³-hybridized carbons (Fsp3) is 0.588. The van der Waals surface area contributed by atoms with Crippen LogP contribution in [0.25, 0.3) is 0 Å². The first-order valence-electron chi connectivity index (χ1n) is 8.19. The minimum Gasteiger partial charge on any atom is -0.346 e. The lowest BCUT2D eigenvalue weighted by atomic mass is 10.1. The fourth-order valence-electron chi connectivity index (χ4n) is 3.67. The molecule has 0 aliphatic carbocycles. The van der Waals surface area contributed by atoms with Gasteiger partial charge in [-0.2, -0.15) is 4.98 Å². The van der Waals surface area contributed by atoms with Gasteiger partial charge in [0.25, 0.3) is 5.91 Å². The van der Waals surface area contributed by atoms with E-state index in [4.69, 9.17) is 4.52 Å². The van der Waals surface area contributed by atoms with Crippen LogP contribution in [0, 0.1) is 20.8 Å². The van der Waals surface area contributed by atoms with Crippen LogP contribution in [0.15, 0.2) is 10.6 Å². The maximum Gasteiger partial charge on any atom is 0.256 e. The van der Waals surface area contributed by atoms with Crippen molar-refractivity contribution in [3.63, 3.8) is 0 Å². The van der Waals surface area contributed by atoms with Crippen LogP contribution in [0.3, 0.4) is 0 Å². The summed E-state index contributed by atoms with van der Waals surface area (Å²) in [5, 5.41) is 4.01. The highest BCUT2D eigenvalue weighted by Gasteiger charge is 2.35. The van der Waals surface area contributed by atoms with Gasteiger partial charge in [0.05, 0.1) is 11.6 Å². The van der Waals surface area contributed by atoms with Gasteiger partial charge in [-0.15, -0.1) is 0 Å². The molecular weight excluding hydrogens is 292 g/mol. The summed E-state index contributed by atoms with van der Waals surface area (Å²) in [4.78, 5) is 19.3. The molecule has 6 heteroatoms. The third kappa shape index (κ3) is 2.66. The number of aromatic nitrogens is 3. The third-order valence-corrected chi connectivity index (χ3v) is 4.59. The largest absolute Gasteiger partial charge is 0.346 e. The number of likely N-dealkylation sites (tertiary alicyclic amines) is 1. The molecule has 1 amide bonds. The molecule has 3 heterocycles. The SMILES string of the molecule is Cc1nc([C@H]2CCCN2C(=O)c2cc(C)n(C(C)C)c2C)no1. The van der Waals surface area contributed by atoms with Crippen molar-refractivity contribution in [1.29, 1.82) is 0 Å². The lowest BCUT2D eigenvalue weighted by Crippen LogP contribution is -2.31. The number of rotatable bonds is 3. The second-order valence-corrected chi connectivity index (χ2v) is 6.58. The number of amides is 1. The van der Waals surface area contributed by atoms with Gasteiger partial charge in [0.15, 0.2) is 5.82 Å². The van der Waals surface area contributed by atoms with Crippen LogP contribution in [0.1, 0.15) is 72.2 Å². The predicted molar refractivity (Wildman–Crippen MR) is 86.3 cm³/mol. The Kier molecular flexibility index (Phi) is 4.00. The molecule has 0 radical (unpaired) electrons. The molecule has 0 unspecified atom stereocenters. The molecule has 1 saturated heterocycles. The highest BCUT2D eigenvalue weighted by molar-refractivity contribution is 5.96. The predicted octanol–water partition coefficient (Wildman–Crippen LogP) is 3.35. The van der Waals surface area contributed by atoms with Gasteiger partial charge in [-0.25, -0.2) is 0 Å². The van der Waals surface area contributed by atoms with Crippen LogP contribution < -0.4 is 0 Å². The van der Waals surface area contributed by atoms with E-state index >= 15 is 0 Å². The van der Waals surface area contributed by atoms with E-state index in [-0.39, 0.29) is 11.9 Å². The standard InChI is InChI=1S/C17H24N4O2/c1-10(2)21-11(3)9-14(12(21)4)17(22)20-8-6-7-15(20)16-18-13(5)23-19-16/h9-10,15H,6-8H2,1-5H3/t15-/m1/s1. The first-order valence-corrected chi connectivity index (χ1v) is 8.19. The van der Waals surface area contributed by atoms with Gasteiger partial charge < -0.3 is 14.0 Å². The van der Waals surface area contributed by atoms with E-state index in [1.807, 2.05) is 24.8 Å². The molecule has 0 saturated carbocycles. The lowest BCUT2D eigenvalue weighted by molar-refractivity contribution is 0.0727. The van der Waals surface area contributed by atoms with Crippen LogP contribution in [0.2, 0.25) is 0 Å². The van der Waals surface area contributed by atoms with Crippen LogP contribution in [0.4, 0.5) is 0 Å². The monoisotopic (exact) mass is 316 g/mol. The Hall–Kier alpha value is -2.11. The van der Waals surface area contributed by atoms with E-state index in [1.165, 1.54) is 0 Å². The second-order valence-electron chi connectivity index (χ2n) is 6.58. The zero-order valence-corrected chi connectivity index (χ0v) is 14.5. The molecule has 3 rings (SSSR count). The topological polar surface area (TPSA) is 64.2 Å². The summed E-state index contributed by atoms with van der Waals surface area (Å²) in [6.07, 6.45) is 1.85. The lowest BCUT2D eigenvalue weighted by Gasteiger charge is -2.22. The van der Waals surface area contributed by atoms with Gasteiger partial charge in [0.2, 0.25) is 5.89 Å². The molecule has 1 atom stereocenters. The van der Waals surface area contributed by atoms with Crippen LogP contribution in [-0.4, -0.2) is 32.1 Å². The molecule has 6 nitrogen and oxygen atoms in total. The Balaban J connectivity index is 1.92. The van der Waals surface area contributed by atoms with Crippen LogP contribution in [-0.2, 0) is 0 Å². The first kappa shape index (κ1) is 15.8.